The molecule has 0 saturated heterocycles. The van der Waals surface area contributed by atoms with E-state index in [1.807, 2.05) is 0 Å². The molecule has 1 rings (SSSR count). The molecule has 0 aliphatic heterocycles. The second-order valence-electron chi connectivity index (χ2n) is 2.86. The Balaban J connectivity index is 3.39. The van der Waals surface area contributed by atoms with Gasteiger partial charge in [-0.15, -0.1) is 0 Å². The van der Waals surface area contributed by atoms with E-state index in [0.717, 1.165) is 6.08 Å². The smallest absolute Gasteiger partial charge is 0.228 e. The minimum atomic E-state index is -0.581. The lowest BCUT2D eigenvalue weighted by Crippen LogP contribution is -2.19. The maximum atomic E-state index is 11.5. The normalized spacial score (nSPS) is 21.7. The molecule has 1 aliphatic rings. The van der Waals surface area contributed by atoms with Crippen molar-refractivity contribution in [1.29, 1.82) is 0 Å². The fourth-order valence-corrected chi connectivity index (χ4v) is 1.23. The largest absolute Gasteiger partial charge is 0.504 e. The van der Waals surface area contributed by atoms with E-state index in [1.165, 1.54) is 24.3 Å². The van der Waals surface area contributed by atoms with Crippen LogP contribution in [0.2, 0.25) is 0 Å². The molecule has 1 aliphatic carbocycles. The van der Waals surface area contributed by atoms with Gasteiger partial charge in [0.2, 0.25) is 5.78 Å². The van der Waals surface area contributed by atoms with Gasteiger partial charge in [0, 0.05) is 17.2 Å². The molecule has 0 radical (unpaired) electrons. The Labute approximate surface area is 87.4 Å². The molecule has 0 amide bonds. The number of rotatable bonds is 2. The summed E-state index contributed by atoms with van der Waals surface area (Å²) in [6, 6.07) is 0. The molecule has 0 spiro atoms. The zero-order chi connectivity index (χ0) is 11.4. The lowest BCUT2D eigenvalue weighted by atomic mass is 9.90. The highest BCUT2D eigenvalue weighted by atomic mass is 16.3. The predicted octanol–water partition coefficient (Wildman–Crippen LogP) is 1.80. The molecule has 0 aromatic rings. The maximum Gasteiger partial charge on any atom is 0.228 e. The summed E-state index contributed by atoms with van der Waals surface area (Å²) in [5.74, 6) is -1.54. The lowest BCUT2D eigenvalue weighted by molar-refractivity contribution is -0.117. The summed E-state index contributed by atoms with van der Waals surface area (Å²) in [7, 11) is 0. The van der Waals surface area contributed by atoms with Gasteiger partial charge in [-0.25, -0.2) is 0 Å². The zero-order valence-corrected chi connectivity index (χ0v) is 8.06. The van der Waals surface area contributed by atoms with Crippen LogP contribution in [0.25, 0.3) is 0 Å². The summed E-state index contributed by atoms with van der Waals surface area (Å²) in [6.07, 6.45) is 6.51. The fourth-order valence-electron chi connectivity index (χ4n) is 1.23. The second kappa shape index (κ2) is 4.37. The topological polar surface area (TPSA) is 54.4 Å². The molecular formula is C12H10O3. The van der Waals surface area contributed by atoms with Gasteiger partial charge in [-0.05, 0) is 0 Å². The van der Waals surface area contributed by atoms with Crippen LogP contribution >= 0.6 is 0 Å². The van der Waals surface area contributed by atoms with Gasteiger partial charge in [-0.3, -0.25) is 9.59 Å². The van der Waals surface area contributed by atoms with Gasteiger partial charge in [0.05, 0.1) is 0 Å². The van der Waals surface area contributed by atoms with Crippen LogP contribution in [-0.2, 0) is 9.59 Å². The molecule has 0 atom stereocenters. The molecule has 0 heterocycles. The summed E-state index contributed by atoms with van der Waals surface area (Å²) in [4.78, 5) is 22.9. The summed E-state index contributed by atoms with van der Waals surface area (Å²) >= 11 is 0. The number of carbonyl (C=O) groups is 2. The maximum absolute atomic E-state index is 11.5. The number of hydrogen-bond acceptors (Lipinski definition) is 3. The van der Waals surface area contributed by atoms with Crippen LogP contribution in [0.15, 0.2) is 60.4 Å². The Morgan fingerprint density at radius 1 is 1.07 bits per heavy atom. The molecule has 0 saturated carbocycles. The summed E-state index contributed by atoms with van der Waals surface area (Å²) in [6.45, 7) is 6.89. The molecule has 0 aromatic carbocycles. The quantitative estimate of drug-likeness (QED) is 0.695. The van der Waals surface area contributed by atoms with Crippen molar-refractivity contribution in [3.63, 3.8) is 0 Å². The van der Waals surface area contributed by atoms with Gasteiger partial charge >= 0.3 is 0 Å². The Morgan fingerprint density at radius 3 is 2.13 bits per heavy atom. The van der Waals surface area contributed by atoms with E-state index < -0.39 is 17.3 Å². The molecular weight excluding hydrogens is 192 g/mol. The molecule has 3 nitrogen and oxygen atoms in total. The van der Waals surface area contributed by atoms with Crippen molar-refractivity contribution in [2.45, 2.75) is 0 Å². The standard InChI is InChI=1S/C12H10O3/c1-3-5-8-9(6-4-2)12(15)11(14)7-10(8)13/h3-7,14H,1-2H2/b8-5+,9-6+. The van der Waals surface area contributed by atoms with Crippen LogP contribution in [0.3, 0.4) is 0 Å². The van der Waals surface area contributed by atoms with Crippen LogP contribution in [0, 0.1) is 0 Å². The van der Waals surface area contributed by atoms with Crippen molar-refractivity contribution in [2.75, 3.05) is 0 Å². The van der Waals surface area contributed by atoms with Crippen molar-refractivity contribution < 1.29 is 14.7 Å². The van der Waals surface area contributed by atoms with E-state index in [2.05, 4.69) is 13.2 Å². The van der Waals surface area contributed by atoms with Gasteiger partial charge in [0.25, 0.3) is 0 Å². The SMILES string of the molecule is C=C/C=C1/C(=O)C=C(O)C(=O)/C1=C/C=C. The molecule has 0 bridgehead atoms. The monoisotopic (exact) mass is 202 g/mol. The van der Waals surface area contributed by atoms with E-state index in [0.29, 0.717) is 0 Å². The first kappa shape index (κ1) is 10.9. The number of carbonyl (C=O) groups excluding carboxylic acids is 2. The van der Waals surface area contributed by atoms with Crippen LogP contribution in [0.1, 0.15) is 0 Å². The highest BCUT2D eigenvalue weighted by Crippen LogP contribution is 2.22. The average Bonchev–Trinajstić information content (AvgIpc) is 2.20. The third-order valence-corrected chi connectivity index (χ3v) is 1.87. The van der Waals surface area contributed by atoms with E-state index >= 15 is 0 Å². The van der Waals surface area contributed by atoms with Crippen molar-refractivity contribution in [3.8, 4) is 0 Å². The summed E-state index contributed by atoms with van der Waals surface area (Å²) in [5, 5.41) is 9.19. The highest BCUT2D eigenvalue weighted by molar-refractivity contribution is 6.26. The number of allylic oxidation sites excluding steroid dienone is 7. The minimum absolute atomic E-state index is 0.134. The molecule has 15 heavy (non-hydrogen) atoms. The Kier molecular flexibility index (Phi) is 3.18. The van der Waals surface area contributed by atoms with Gasteiger partial charge in [0.1, 0.15) is 0 Å². The first-order chi connectivity index (χ1) is 7.11. The Morgan fingerprint density at radius 2 is 1.60 bits per heavy atom. The van der Waals surface area contributed by atoms with Gasteiger partial charge in [0.15, 0.2) is 11.5 Å². The fraction of sp³-hybridized carbons (Fsp3) is 0. The predicted molar refractivity (Wildman–Crippen MR) is 57.3 cm³/mol. The zero-order valence-electron chi connectivity index (χ0n) is 8.06. The van der Waals surface area contributed by atoms with E-state index in [1.54, 1.807) is 0 Å². The van der Waals surface area contributed by atoms with Crippen LogP contribution in [0.5, 0.6) is 0 Å². The number of hydrogen-bond donors (Lipinski definition) is 1. The van der Waals surface area contributed by atoms with E-state index in [9.17, 15) is 14.7 Å². The third kappa shape index (κ3) is 2.02. The molecule has 1 N–H and O–H groups in total. The highest BCUT2D eigenvalue weighted by Gasteiger charge is 2.27. The third-order valence-electron chi connectivity index (χ3n) is 1.87. The molecule has 0 fully saturated rings. The average molecular weight is 202 g/mol. The van der Waals surface area contributed by atoms with Crippen LogP contribution in [-0.4, -0.2) is 16.7 Å². The first-order valence-corrected chi connectivity index (χ1v) is 4.27. The van der Waals surface area contributed by atoms with Gasteiger partial charge in [-0.2, -0.15) is 0 Å². The Hall–Kier alpha value is -2.16. The Bertz CT molecular complexity index is 434. The van der Waals surface area contributed by atoms with Crippen molar-refractivity contribution >= 4 is 11.6 Å². The number of aliphatic hydroxyl groups is 1. The van der Waals surface area contributed by atoms with Crippen LogP contribution < -0.4 is 0 Å². The second-order valence-corrected chi connectivity index (χ2v) is 2.86. The van der Waals surface area contributed by atoms with Crippen LogP contribution in [0.4, 0.5) is 0 Å². The minimum Gasteiger partial charge on any atom is -0.504 e. The first-order valence-electron chi connectivity index (χ1n) is 4.27. The van der Waals surface area contributed by atoms with Gasteiger partial charge in [-0.1, -0.05) is 37.5 Å². The van der Waals surface area contributed by atoms with Crippen molar-refractivity contribution in [3.05, 3.63) is 60.4 Å². The number of ketones is 2. The van der Waals surface area contributed by atoms with Crippen molar-refractivity contribution in [2.24, 2.45) is 0 Å². The number of aliphatic hydroxyl groups excluding tert-OH is 1. The van der Waals surface area contributed by atoms with E-state index in [4.69, 9.17) is 0 Å². The molecule has 76 valence electrons. The number of Topliss-reactive ketones (excluding diaryl/α,β-unsaturated/α-hetero) is 1. The van der Waals surface area contributed by atoms with E-state index in [-0.39, 0.29) is 11.1 Å². The molecule has 3 heteroatoms. The van der Waals surface area contributed by atoms with Crippen molar-refractivity contribution in [1.82, 2.24) is 0 Å². The summed E-state index contributed by atoms with van der Waals surface area (Å²) < 4.78 is 0. The van der Waals surface area contributed by atoms with Gasteiger partial charge < -0.3 is 5.11 Å². The molecule has 0 aromatic heterocycles. The molecule has 0 unspecified atom stereocenters. The summed E-state index contributed by atoms with van der Waals surface area (Å²) in [5.41, 5.74) is 0.350. The lowest BCUT2D eigenvalue weighted by Gasteiger charge is -2.12.